The minimum Gasteiger partial charge on any atom is -0.495 e. The van der Waals surface area contributed by atoms with Gasteiger partial charge in [-0.3, -0.25) is 0 Å². The molecular weight excluding hydrogens is 264 g/mol. The minimum absolute atomic E-state index is 0.486. The summed E-state index contributed by atoms with van der Waals surface area (Å²) in [6.07, 6.45) is 1.61. The number of aromatic nitrogens is 1. The Balaban J connectivity index is 3.14. The van der Waals surface area contributed by atoms with Gasteiger partial charge < -0.3 is 4.74 Å². The van der Waals surface area contributed by atoms with Crippen LogP contribution in [-0.2, 0) is 0 Å². The van der Waals surface area contributed by atoms with E-state index in [9.17, 15) is 0 Å². The van der Waals surface area contributed by atoms with E-state index in [1.54, 1.807) is 19.4 Å². The van der Waals surface area contributed by atoms with Crippen molar-refractivity contribution in [3.8, 4) is 5.75 Å². The number of ether oxygens (including phenoxy) is 1. The van der Waals surface area contributed by atoms with E-state index in [1.807, 2.05) is 0 Å². The van der Waals surface area contributed by atoms with Crippen molar-refractivity contribution < 1.29 is 4.74 Å². The van der Waals surface area contributed by atoms with Crippen LogP contribution >= 0.6 is 34.2 Å². The molecule has 1 heterocycles. The van der Waals surface area contributed by atoms with Crippen LogP contribution in [0.5, 0.6) is 5.75 Å². The van der Waals surface area contributed by atoms with Gasteiger partial charge in [-0.2, -0.15) is 0 Å². The van der Waals surface area contributed by atoms with Crippen molar-refractivity contribution in [3.05, 3.63) is 21.0 Å². The van der Waals surface area contributed by atoms with Gasteiger partial charge in [-0.1, -0.05) is 11.6 Å². The maximum Gasteiger partial charge on any atom is 0.146 e. The first kappa shape index (κ1) is 8.07. The second-order valence-electron chi connectivity index (χ2n) is 1.62. The van der Waals surface area contributed by atoms with Crippen molar-refractivity contribution in [1.82, 2.24) is 4.98 Å². The molecular formula is C6H5ClINO. The lowest BCUT2D eigenvalue weighted by Crippen LogP contribution is -1.88. The van der Waals surface area contributed by atoms with Crippen LogP contribution in [0.25, 0.3) is 0 Å². The van der Waals surface area contributed by atoms with E-state index in [0.717, 1.165) is 9.32 Å². The quantitative estimate of drug-likeness (QED) is 0.577. The predicted octanol–water partition coefficient (Wildman–Crippen LogP) is 2.35. The zero-order chi connectivity index (χ0) is 7.56. The molecule has 0 saturated carbocycles. The molecule has 0 unspecified atom stereocenters. The third kappa shape index (κ3) is 1.52. The Morgan fingerprint density at radius 1 is 1.70 bits per heavy atom. The largest absolute Gasteiger partial charge is 0.495 e. The summed E-state index contributed by atoms with van der Waals surface area (Å²) < 4.78 is 5.85. The smallest absolute Gasteiger partial charge is 0.146 e. The predicted molar refractivity (Wildman–Crippen MR) is 48.5 cm³/mol. The first-order chi connectivity index (χ1) is 4.75. The Kier molecular flexibility index (Phi) is 2.73. The van der Waals surface area contributed by atoms with Crippen molar-refractivity contribution in [2.45, 2.75) is 0 Å². The van der Waals surface area contributed by atoms with Crippen LogP contribution < -0.4 is 4.74 Å². The molecule has 0 amide bonds. The van der Waals surface area contributed by atoms with Crippen molar-refractivity contribution in [2.24, 2.45) is 0 Å². The topological polar surface area (TPSA) is 22.1 Å². The highest BCUT2D eigenvalue weighted by atomic mass is 127. The number of hydrogen-bond donors (Lipinski definition) is 0. The zero-order valence-corrected chi connectivity index (χ0v) is 8.18. The van der Waals surface area contributed by atoms with E-state index >= 15 is 0 Å². The van der Waals surface area contributed by atoms with E-state index < -0.39 is 0 Å². The molecule has 1 rings (SSSR count). The van der Waals surface area contributed by atoms with E-state index in [4.69, 9.17) is 16.3 Å². The molecule has 4 heteroatoms. The zero-order valence-electron chi connectivity index (χ0n) is 5.27. The summed E-state index contributed by atoms with van der Waals surface area (Å²) in [5.74, 6) is 0.764. The molecule has 2 nitrogen and oxygen atoms in total. The summed E-state index contributed by atoms with van der Waals surface area (Å²) in [5.41, 5.74) is 0. The molecule has 0 atom stereocenters. The molecule has 0 radical (unpaired) electrons. The lowest BCUT2D eigenvalue weighted by Gasteiger charge is -2.01. The Labute approximate surface area is 77.7 Å². The number of hydrogen-bond acceptors (Lipinski definition) is 2. The minimum atomic E-state index is 0.486. The third-order valence-corrected chi connectivity index (χ3v) is 2.68. The van der Waals surface area contributed by atoms with Gasteiger partial charge in [0.05, 0.1) is 10.7 Å². The monoisotopic (exact) mass is 269 g/mol. The van der Waals surface area contributed by atoms with Gasteiger partial charge in [0.25, 0.3) is 0 Å². The molecule has 0 aliphatic carbocycles. The Morgan fingerprint density at radius 2 is 2.40 bits per heavy atom. The number of rotatable bonds is 1. The van der Waals surface area contributed by atoms with Crippen LogP contribution in [0.1, 0.15) is 0 Å². The molecule has 0 saturated heterocycles. The lowest BCUT2D eigenvalue weighted by molar-refractivity contribution is 0.411. The van der Waals surface area contributed by atoms with Gasteiger partial charge in [0.2, 0.25) is 0 Å². The van der Waals surface area contributed by atoms with Crippen LogP contribution in [0, 0.1) is 3.57 Å². The van der Waals surface area contributed by atoms with Crippen molar-refractivity contribution in [1.29, 1.82) is 0 Å². The molecule has 0 aliphatic rings. The number of halogens is 2. The molecule has 0 aromatic carbocycles. The van der Waals surface area contributed by atoms with Crippen LogP contribution in [0.4, 0.5) is 0 Å². The summed E-state index contributed by atoms with van der Waals surface area (Å²) in [6.45, 7) is 0. The van der Waals surface area contributed by atoms with Crippen LogP contribution in [0.2, 0.25) is 5.15 Å². The second kappa shape index (κ2) is 3.39. The second-order valence-corrected chi connectivity index (χ2v) is 3.05. The Morgan fingerprint density at radius 3 is 2.90 bits per heavy atom. The fraction of sp³-hybridized carbons (Fsp3) is 0.167. The van der Waals surface area contributed by atoms with Crippen molar-refractivity contribution in [3.63, 3.8) is 0 Å². The van der Waals surface area contributed by atoms with Gasteiger partial charge in [0.1, 0.15) is 10.9 Å². The summed E-state index contributed by atoms with van der Waals surface area (Å²) >= 11 is 7.78. The highest BCUT2D eigenvalue weighted by Gasteiger charge is 2.02. The first-order valence-electron chi connectivity index (χ1n) is 2.59. The Hall–Kier alpha value is -0.0300. The van der Waals surface area contributed by atoms with Crippen LogP contribution in [0.3, 0.4) is 0 Å². The van der Waals surface area contributed by atoms with E-state index in [1.165, 1.54) is 0 Å². The van der Waals surface area contributed by atoms with Gasteiger partial charge in [-0.25, -0.2) is 4.98 Å². The van der Waals surface area contributed by atoms with E-state index in [-0.39, 0.29) is 0 Å². The summed E-state index contributed by atoms with van der Waals surface area (Å²) in [5, 5.41) is 0.486. The van der Waals surface area contributed by atoms with Gasteiger partial charge in [-0.05, 0) is 28.7 Å². The third-order valence-electron chi connectivity index (χ3n) is 1.03. The fourth-order valence-corrected chi connectivity index (χ4v) is 1.25. The SMILES string of the molecule is COc1ccnc(Cl)c1I. The number of nitrogens with zero attached hydrogens (tertiary/aromatic N) is 1. The number of pyridine rings is 1. The normalized spacial score (nSPS) is 9.50. The average Bonchev–Trinajstić information content (AvgIpc) is 1.95. The molecule has 54 valence electrons. The van der Waals surface area contributed by atoms with Crippen molar-refractivity contribution >= 4 is 34.2 Å². The standard InChI is InChI=1S/C6H5ClINO/c1-10-4-2-3-9-6(7)5(4)8/h2-3H,1H3. The maximum atomic E-state index is 5.69. The number of methoxy groups -OCH3 is 1. The molecule has 0 bridgehead atoms. The molecule has 0 N–H and O–H groups in total. The van der Waals surface area contributed by atoms with Gasteiger partial charge in [0.15, 0.2) is 0 Å². The highest BCUT2D eigenvalue weighted by Crippen LogP contribution is 2.24. The maximum absolute atomic E-state index is 5.69. The Bertz CT molecular complexity index is 241. The summed E-state index contributed by atoms with van der Waals surface area (Å²) in [6, 6.07) is 1.77. The van der Waals surface area contributed by atoms with E-state index in [2.05, 4.69) is 27.6 Å². The average molecular weight is 269 g/mol. The lowest BCUT2D eigenvalue weighted by atomic mass is 10.5. The van der Waals surface area contributed by atoms with Crippen LogP contribution in [-0.4, -0.2) is 12.1 Å². The van der Waals surface area contributed by atoms with Crippen molar-refractivity contribution in [2.75, 3.05) is 7.11 Å². The molecule has 1 aromatic rings. The fourth-order valence-electron chi connectivity index (χ4n) is 0.560. The summed E-state index contributed by atoms with van der Waals surface area (Å²) in [4.78, 5) is 3.87. The van der Waals surface area contributed by atoms with Crippen LogP contribution in [0.15, 0.2) is 12.3 Å². The van der Waals surface area contributed by atoms with Gasteiger partial charge in [-0.15, -0.1) is 0 Å². The summed E-state index contributed by atoms with van der Waals surface area (Å²) in [7, 11) is 1.60. The molecule has 0 fully saturated rings. The highest BCUT2D eigenvalue weighted by molar-refractivity contribution is 14.1. The molecule has 1 aromatic heterocycles. The molecule has 10 heavy (non-hydrogen) atoms. The molecule has 0 spiro atoms. The molecule has 0 aliphatic heterocycles. The first-order valence-corrected chi connectivity index (χ1v) is 4.05. The van der Waals surface area contributed by atoms with Gasteiger partial charge in [0, 0.05) is 6.20 Å². The van der Waals surface area contributed by atoms with E-state index in [0.29, 0.717) is 5.15 Å². The van der Waals surface area contributed by atoms with Gasteiger partial charge >= 0.3 is 0 Å².